The van der Waals surface area contributed by atoms with Crippen LogP contribution in [-0.2, 0) is 6.42 Å². The molecular weight excluding hydrogens is 272 g/mol. The maximum atomic E-state index is 4.48. The van der Waals surface area contributed by atoms with Gasteiger partial charge in [0.15, 0.2) is 0 Å². The lowest BCUT2D eigenvalue weighted by Crippen LogP contribution is -2.09. The Bertz CT molecular complexity index is 528. The molecule has 0 radical (unpaired) electrons. The maximum Gasteiger partial charge on any atom is 0.224 e. The number of anilines is 2. The second-order valence-electron chi connectivity index (χ2n) is 5.42. The van der Waals surface area contributed by atoms with Gasteiger partial charge in [-0.3, -0.25) is 0 Å². The first-order chi connectivity index (χ1) is 10.9. The molecule has 0 amide bonds. The molecule has 0 fully saturated rings. The molecule has 4 nitrogen and oxygen atoms in total. The summed E-state index contributed by atoms with van der Waals surface area (Å²) in [6, 6.07) is 12.5. The Balaban J connectivity index is 1.69. The first-order valence-electron chi connectivity index (χ1n) is 8.23. The zero-order valence-corrected chi connectivity index (χ0v) is 13.4. The van der Waals surface area contributed by atoms with Gasteiger partial charge in [0.1, 0.15) is 5.82 Å². The second-order valence-corrected chi connectivity index (χ2v) is 5.42. The molecule has 2 rings (SSSR count). The minimum absolute atomic E-state index is 0.702. The van der Waals surface area contributed by atoms with Crippen LogP contribution >= 0.6 is 0 Å². The highest BCUT2D eigenvalue weighted by atomic mass is 15.1. The van der Waals surface area contributed by atoms with E-state index < -0.39 is 0 Å². The van der Waals surface area contributed by atoms with Crippen molar-refractivity contribution in [3.8, 4) is 0 Å². The van der Waals surface area contributed by atoms with Crippen LogP contribution in [-0.4, -0.2) is 23.1 Å². The summed E-state index contributed by atoms with van der Waals surface area (Å²) in [7, 11) is 0. The van der Waals surface area contributed by atoms with E-state index in [0.717, 1.165) is 31.7 Å². The van der Waals surface area contributed by atoms with Gasteiger partial charge in [-0.1, -0.05) is 50.1 Å². The molecule has 1 aromatic heterocycles. The van der Waals surface area contributed by atoms with E-state index in [1.165, 1.54) is 24.8 Å². The summed E-state index contributed by atoms with van der Waals surface area (Å²) in [6.45, 7) is 4.06. The molecule has 2 N–H and O–H groups in total. The van der Waals surface area contributed by atoms with Crippen LogP contribution in [0.1, 0.15) is 38.2 Å². The van der Waals surface area contributed by atoms with Crippen molar-refractivity contribution in [3.05, 3.63) is 48.2 Å². The first kappa shape index (κ1) is 16.3. The average Bonchev–Trinajstić information content (AvgIpc) is 2.57. The SMILES string of the molecule is CCCCCNc1ccnc(NCCCc2ccccc2)n1. The van der Waals surface area contributed by atoms with Crippen LogP contribution in [0.3, 0.4) is 0 Å². The van der Waals surface area contributed by atoms with E-state index in [2.05, 4.69) is 57.9 Å². The molecule has 1 aromatic carbocycles. The van der Waals surface area contributed by atoms with Gasteiger partial charge in [0.05, 0.1) is 0 Å². The maximum absolute atomic E-state index is 4.48. The normalized spacial score (nSPS) is 10.4. The fraction of sp³-hybridized carbons (Fsp3) is 0.444. The number of aryl methyl sites for hydroxylation is 1. The van der Waals surface area contributed by atoms with E-state index in [-0.39, 0.29) is 0 Å². The van der Waals surface area contributed by atoms with E-state index in [4.69, 9.17) is 0 Å². The van der Waals surface area contributed by atoms with Crippen LogP contribution < -0.4 is 10.6 Å². The molecule has 0 unspecified atom stereocenters. The van der Waals surface area contributed by atoms with Crippen molar-refractivity contribution in [1.82, 2.24) is 9.97 Å². The summed E-state index contributed by atoms with van der Waals surface area (Å²) in [4.78, 5) is 8.75. The summed E-state index contributed by atoms with van der Waals surface area (Å²) in [5, 5.41) is 6.64. The molecule has 4 heteroatoms. The molecule has 1 heterocycles. The summed E-state index contributed by atoms with van der Waals surface area (Å²) < 4.78 is 0. The Hall–Kier alpha value is -2.10. The number of hydrogen-bond acceptors (Lipinski definition) is 4. The zero-order chi connectivity index (χ0) is 15.5. The van der Waals surface area contributed by atoms with Crippen molar-refractivity contribution in [2.75, 3.05) is 23.7 Å². The van der Waals surface area contributed by atoms with E-state index in [9.17, 15) is 0 Å². The minimum Gasteiger partial charge on any atom is -0.370 e. The third-order valence-electron chi connectivity index (χ3n) is 3.51. The number of nitrogens with one attached hydrogen (secondary N) is 2. The van der Waals surface area contributed by atoms with Crippen molar-refractivity contribution >= 4 is 11.8 Å². The molecule has 2 aromatic rings. The van der Waals surface area contributed by atoms with E-state index in [1.54, 1.807) is 6.20 Å². The minimum atomic E-state index is 0.702. The van der Waals surface area contributed by atoms with Gasteiger partial charge in [-0.25, -0.2) is 4.98 Å². The predicted molar refractivity (Wildman–Crippen MR) is 93.3 cm³/mol. The quantitative estimate of drug-likeness (QED) is 0.648. The monoisotopic (exact) mass is 298 g/mol. The molecule has 0 aliphatic carbocycles. The number of nitrogens with zero attached hydrogens (tertiary/aromatic N) is 2. The van der Waals surface area contributed by atoms with Gasteiger partial charge in [-0.15, -0.1) is 0 Å². The first-order valence-corrected chi connectivity index (χ1v) is 8.23. The standard InChI is InChI=1S/C18H26N4/c1-2-3-7-13-19-17-12-15-21-18(22-17)20-14-8-11-16-9-5-4-6-10-16/h4-6,9-10,12,15H,2-3,7-8,11,13-14H2,1H3,(H2,19,20,21,22). The van der Waals surface area contributed by atoms with Crippen molar-refractivity contribution in [2.45, 2.75) is 39.0 Å². The molecule has 0 saturated carbocycles. The molecule has 0 atom stereocenters. The Kier molecular flexibility index (Phi) is 7.22. The summed E-state index contributed by atoms with van der Waals surface area (Å²) in [5.74, 6) is 1.60. The third-order valence-corrected chi connectivity index (χ3v) is 3.51. The predicted octanol–water partition coefficient (Wildman–Crippen LogP) is 4.12. The topological polar surface area (TPSA) is 49.8 Å². The van der Waals surface area contributed by atoms with Crippen molar-refractivity contribution in [3.63, 3.8) is 0 Å². The number of unbranched alkanes of at least 4 members (excludes halogenated alkanes) is 2. The average molecular weight is 298 g/mol. The molecule has 22 heavy (non-hydrogen) atoms. The zero-order valence-electron chi connectivity index (χ0n) is 13.4. The van der Waals surface area contributed by atoms with Crippen LogP contribution in [0.15, 0.2) is 42.6 Å². The van der Waals surface area contributed by atoms with Gasteiger partial charge in [-0.2, -0.15) is 4.98 Å². The highest BCUT2D eigenvalue weighted by Crippen LogP contribution is 2.07. The molecule has 0 spiro atoms. The highest BCUT2D eigenvalue weighted by Gasteiger charge is 1.99. The fourth-order valence-corrected chi connectivity index (χ4v) is 2.27. The Morgan fingerprint density at radius 3 is 2.55 bits per heavy atom. The van der Waals surface area contributed by atoms with Gasteiger partial charge < -0.3 is 10.6 Å². The van der Waals surface area contributed by atoms with Gasteiger partial charge in [0.25, 0.3) is 0 Å². The number of hydrogen-bond donors (Lipinski definition) is 2. The molecular formula is C18H26N4. The summed E-state index contributed by atoms with van der Waals surface area (Å²) >= 11 is 0. The van der Waals surface area contributed by atoms with Crippen molar-refractivity contribution in [2.24, 2.45) is 0 Å². The number of aromatic nitrogens is 2. The van der Waals surface area contributed by atoms with Crippen LogP contribution in [0, 0.1) is 0 Å². The van der Waals surface area contributed by atoms with Gasteiger partial charge in [0.2, 0.25) is 5.95 Å². The number of rotatable bonds is 10. The fourth-order valence-electron chi connectivity index (χ4n) is 2.27. The van der Waals surface area contributed by atoms with Crippen LogP contribution in [0.5, 0.6) is 0 Å². The second kappa shape index (κ2) is 9.77. The lowest BCUT2D eigenvalue weighted by atomic mass is 10.1. The third kappa shape index (κ3) is 6.12. The largest absolute Gasteiger partial charge is 0.370 e. The van der Waals surface area contributed by atoms with Gasteiger partial charge >= 0.3 is 0 Å². The van der Waals surface area contributed by atoms with Crippen molar-refractivity contribution in [1.29, 1.82) is 0 Å². The molecule has 118 valence electrons. The molecule has 0 saturated heterocycles. The molecule has 0 aliphatic heterocycles. The van der Waals surface area contributed by atoms with E-state index >= 15 is 0 Å². The van der Waals surface area contributed by atoms with Crippen LogP contribution in [0.4, 0.5) is 11.8 Å². The molecule has 0 bridgehead atoms. The Labute approximate surface area is 133 Å². The van der Waals surface area contributed by atoms with Crippen molar-refractivity contribution < 1.29 is 0 Å². The highest BCUT2D eigenvalue weighted by molar-refractivity contribution is 5.39. The molecule has 0 aliphatic rings. The van der Waals surface area contributed by atoms with Gasteiger partial charge in [0, 0.05) is 19.3 Å². The Morgan fingerprint density at radius 1 is 0.909 bits per heavy atom. The summed E-state index contributed by atoms with van der Waals surface area (Å²) in [6.07, 6.45) is 7.61. The van der Waals surface area contributed by atoms with Crippen LogP contribution in [0.25, 0.3) is 0 Å². The van der Waals surface area contributed by atoms with Crippen LogP contribution in [0.2, 0.25) is 0 Å². The van der Waals surface area contributed by atoms with E-state index in [0.29, 0.717) is 5.95 Å². The Morgan fingerprint density at radius 2 is 1.73 bits per heavy atom. The lowest BCUT2D eigenvalue weighted by molar-refractivity contribution is 0.742. The lowest BCUT2D eigenvalue weighted by Gasteiger charge is -2.08. The van der Waals surface area contributed by atoms with E-state index in [1.807, 2.05) is 6.07 Å². The summed E-state index contributed by atoms with van der Waals surface area (Å²) in [5.41, 5.74) is 1.37. The van der Waals surface area contributed by atoms with Gasteiger partial charge in [-0.05, 0) is 30.9 Å². The smallest absolute Gasteiger partial charge is 0.224 e. The number of benzene rings is 1.